The summed E-state index contributed by atoms with van der Waals surface area (Å²) >= 11 is 0. The van der Waals surface area contributed by atoms with Crippen molar-refractivity contribution in [2.24, 2.45) is 5.92 Å². The molecule has 0 aliphatic carbocycles. The fourth-order valence-corrected chi connectivity index (χ4v) is 3.92. The molecule has 4 rings (SSSR count). The van der Waals surface area contributed by atoms with Crippen LogP contribution in [-0.4, -0.2) is 29.0 Å². The Balaban J connectivity index is 1.46. The van der Waals surface area contributed by atoms with Crippen LogP contribution in [0.4, 0.5) is 24.7 Å². The minimum Gasteiger partial charge on any atom is -0.356 e. The Morgan fingerprint density at radius 2 is 1.80 bits per heavy atom. The molecular weight excluding hydrogens is 393 g/mol. The summed E-state index contributed by atoms with van der Waals surface area (Å²) in [5.41, 5.74) is 0.856. The highest BCUT2D eigenvalue weighted by Gasteiger charge is 2.37. The van der Waals surface area contributed by atoms with Crippen LogP contribution in [0.3, 0.4) is 0 Å². The number of nitrogens with zero attached hydrogens (tertiary/aromatic N) is 3. The Morgan fingerprint density at radius 3 is 2.53 bits per heavy atom. The van der Waals surface area contributed by atoms with Crippen molar-refractivity contribution in [3.8, 4) is 0 Å². The van der Waals surface area contributed by atoms with E-state index >= 15 is 0 Å². The normalized spacial score (nSPS) is 15.4. The molecule has 30 heavy (non-hydrogen) atoms. The van der Waals surface area contributed by atoms with E-state index in [1.165, 1.54) is 12.3 Å². The first-order chi connectivity index (χ1) is 14.3. The fourth-order valence-electron chi connectivity index (χ4n) is 3.92. The number of hydrogen-bond acceptors (Lipinski definition) is 4. The van der Waals surface area contributed by atoms with Gasteiger partial charge in [0.1, 0.15) is 5.82 Å². The lowest BCUT2D eigenvalue weighted by molar-refractivity contribution is -0.137. The van der Waals surface area contributed by atoms with Gasteiger partial charge in [-0.1, -0.05) is 12.1 Å². The van der Waals surface area contributed by atoms with Crippen molar-refractivity contribution in [3.05, 3.63) is 60.0 Å². The zero-order chi connectivity index (χ0) is 21.3. The van der Waals surface area contributed by atoms with Gasteiger partial charge in [-0.25, -0.2) is 4.98 Å². The fraction of sp³-hybridized carbons (Fsp3) is 0.318. The lowest BCUT2D eigenvalue weighted by atomic mass is 9.95. The van der Waals surface area contributed by atoms with Crippen LogP contribution in [0.25, 0.3) is 10.8 Å². The molecule has 1 aromatic carbocycles. The van der Waals surface area contributed by atoms with Crippen molar-refractivity contribution in [2.45, 2.75) is 25.9 Å². The van der Waals surface area contributed by atoms with Crippen molar-refractivity contribution < 1.29 is 18.0 Å². The van der Waals surface area contributed by atoms with Gasteiger partial charge < -0.3 is 10.2 Å². The van der Waals surface area contributed by atoms with Crippen LogP contribution in [0.2, 0.25) is 0 Å². The van der Waals surface area contributed by atoms with Gasteiger partial charge in [0.15, 0.2) is 0 Å². The van der Waals surface area contributed by atoms with Crippen LogP contribution in [-0.2, 0) is 11.0 Å². The summed E-state index contributed by atoms with van der Waals surface area (Å²) in [6.45, 7) is 2.60. The van der Waals surface area contributed by atoms with E-state index in [4.69, 9.17) is 0 Å². The molecule has 1 saturated heterocycles. The molecule has 0 radical (unpaired) electrons. The Morgan fingerprint density at radius 1 is 1.03 bits per heavy atom. The number of rotatable bonds is 3. The molecule has 8 heteroatoms. The van der Waals surface area contributed by atoms with Crippen LogP contribution in [0.15, 0.2) is 48.8 Å². The van der Waals surface area contributed by atoms with Gasteiger partial charge in [-0.15, -0.1) is 0 Å². The summed E-state index contributed by atoms with van der Waals surface area (Å²) in [5.74, 6) is -0.452. The average molecular weight is 414 g/mol. The second kappa shape index (κ2) is 7.93. The Bertz CT molecular complexity index is 1080. The van der Waals surface area contributed by atoms with Crippen LogP contribution in [0.5, 0.6) is 0 Å². The van der Waals surface area contributed by atoms with Crippen LogP contribution < -0.4 is 10.2 Å². The second-order valence-electron chi connectivity index (χ2n) is 7.42. The zero-order valence-electron chi connectivity index (χ0n) is 16.4. The molecule has 3 heterocycles. The van der Waals surface area contributed by atoms with Gasteiger partial charge in [0.25, 0.3) is 0 Å². The number of alkyl halides is 3. The van der Waals surface area contributed by atoms with Gasteiger partial charge in [-0.2, -0.15) is 13.2 Å². The van der Waals surface area contributed by atoms with Crippen molar-refractivity contribution in [2.75, 3.05) is 23.3 Å². The number of carbonyl (C=O) groups excluding carboxylic acids is 1. The molecule has 0 bridgehead atoms. The summed E-state index contributed by atoms with van der Waals surface area (Å²) in [6, 6.07) is 9.86. The van der Waals surface area contributed by atoms with Crippen molar-refractivity contribution in [3.63, 3.8) is 0 Å². The third kappa shape index (κ3) is 3.94. The Kier molecular flexibility index (Phi) is 5.32. The van der Waals surface area contributed by atoms with E-state index in [0.717, 1.165) is 28.2 Å². The first-order valence-electron chi connectivity index (χ1n) is 9.77. The number of nitrogens with one attached hydrogen (secondary N) is 1. The molecule has 0 saturated carbocycles. The molecule has 156 valence electrons. The smallest absolute Gasteiger partial charge is 0.356 e. The Hall–Kier alpha value is -3.16. The first kappa shape index (κ1) is 20.1. The Labute approximate surface area is 171 Å². The van der Waals surface area contributed by atoms with Crippen molar-refractivity contribution in [1.82, 2.24) is 9.97 Å². The number of carbonyl (C=O) groups is 1. The van der Waals surface area contributed by atoms with E-state index < -0.39 is 11.7 Å². The van der Waals surface area contributed by atoms with E-state index in [2.05, 4.69) is 15.3 Å². The van der Waals surface area contributed by atoms with Gasteiger partial charge in [-0.05, 0) is 44.0 Å². The summed E-state index contributed by atoms with van der Waals surface area (Å²) in [4.78, 5) is 22.7. The predicted molar refractivity (Wildman–Crippen MR) is 109 cm³/mol. The quantitative estimate of drug-likeness (QED) is 0.668. The van der Waals surface area contributed by atoms with Crippen LogP contribution in [0, 0.1) is 12.8 Å². The van der Waals surface area contributed by atoms with E-state index in [1.54, 1.807) is 11.1 Å². The molecule has 1 N–H and O–H groups in total. The number of benzene rings is 1. The molecular formula is C22H21F3N4O. The number of aryl methyl sites for hydroxylation is 1. The molecule has 0 atom stereocenters. The third-order valence-corrected chi connectivity index (χ3v) is 5.52. The van der Waals surface area contributed by atoms with Gasteiger partial charge in [-0.3, -0.25) is 9.78 Å². The lowest BCUT2D eigenvalue weighted by Crippen LogP contribution is -2.39. The minimum atomic E-state index is -4.46. The molecule has 1 aliphatic heterocycles. The maximum atomic E-state index is 13.3. The highest BCUT2D eigenvalue weighted by atomic mass is 19.4. The first-order valence-corrected chi connectivity index (χ1v) is 9.77. The van der Waals surface area contributed by atoms with Gasteiger partial charge in [0.05, 0.1) is 5.56 Å². The minimum absolute atomic E-state index is 0.0686. The second-order valence-corrected chi connectivity index (χ2v) is 7.42. The molecule has 5 nitrogen and oxygen atoms in total. The largest absolute Gasteiger partial charge is 0.419 e. The third-order valence-electron chi connectivity index (χ3n) is 5.52. The highest BCUT2D eigenvalue weighted by Crippen LogP contribution is 2.36. The van der Waals surface area contributed by atoms with E-state index in [1.807, 2.05) is 31.2 Å². The summed E-state index contributed by atoms with van der Waals surface area (Å²) in [7, 11) is 0. The van der Waals surface area contributed by atoms with Gasteiger partial charge in [0, 0.05) is 53.6 Å². The van der Waals surface area contributed by atoms with Crippen LogP contribution in [0.1, 0.15) is 24.1 Å². The standard InChI is InChI=1S/C22H21F3N4O/c1-14-16-4-2-6-19(17(16)7-11-26-14)28-21(30)15-8-12-29(13-9-15)20-18(22(23,24)25)5-3-10-27-20/h2-7,10-11,15H,8-9,12-13H2,1H3,(H,28,30). The molecule has 1 fully saturated rings. The van der Waals surface area contributed by atoms with Crippen molar-refractivity contribution >= 4 is 28.2 Å². The SMILES string of the molecule is Cc1nccc2c(NC(=O)C3CCN(c4ncccc4C(F)(F)F)CC3)cccc12. The maximum absolute atomic E-state index is 13.3. The number of aromatic nitrogens is 2. The number of halogens is 3. The number of piperidine rings is 1. The molecule has 3 aromatic rings. The van der Waals surface area contributed by atoms with Crippen molar-refractivity contribution in [1.29, 1.82) is 0 Å². The lowest BCUT2D eigenvalue weighted by Gasteiger charge is -2.33. The van der Waals surface area contributed by atoms with E-state index in [9.17, 15) is 18.0 Å². The van der Waals surface area contributed by atoms with E-state index in [-0.39, 0.29) is 17.6 Å². The molecule has 1 amide bonds. The monoisotopic (exact) mass is 414 g/mol. The predicted octanol–water partition coefficient (Wildman–Crippen LogP) is 4.81. The summed E-state index contributed by atoms with van der Waals surface area (Å²) in [6.07, 6.45) is -0.465. The maximum Gasteiger partial charge on any atom is 0.419 e. The van der Waals surface area contributed by atoms with Gasteiger partial charge >= 0.3 is 6.18 Å². The summed E-state index contributed by atoms with van der Waals surface area (Å²) < 4.78 is 39.8. The molecule has 0 spiro atoms. The van der Waals surface area contributed by atoms with Gasteiger partial charge in [0.2, 0.25) is 5.91 Å². The number of amides is 1. The highest BCUT2D eigenvalue weighted by molar-refractivity contribution is 6.03. The zero-order valence-corrected chi connectivity index (χ0v) is 16.4. The topological polar surface area (TPSA) is 58.1 Å². The number of pyridine rings is 2. The molecule has 1 aliphatic rings. The van der Waals surface area contributed by atoms with Crippen LogP contribution >= 0.6 is 0 Å². The summed E-state index contributed by atoms with van der Waals surface area (Å²) in [5, 5.41) is 4.88. The number of anilines is 2. The molecule has 0 unspecified atom stereocenters. The number of fused-ring (bicyclic) bond motifs is 1. The van der Waals surface area contributed by atoms with E-state index in [0.29, 0.717) is 25.9 Å². The number of hydrogen-bond donors (Lipinski definition) is 1. The molecule has 2 aromatic heterocycles. The average Bonchev–Trinajstić information content (AvgIpc) is 2.74.